The van der Waals surface area contributed by atoms with Gasteiger partial charge in [-0.15, -0.1) is 0 Å². The lowest BCUT2D eigenvalue weighted by Crippen LogP contribution is -2.33. The van der Waals surface area contributed by atoms with Gasteiger partial charge in [0.05, 0.1) is 5.56 Å². The standard InChI is InChI=1S/C31H28N2O3/c1-4-33(5-2)23-14-11-21(12-15-23)32-22-13-16-26-29(19-22)35-28-17-10-20(3)18-27(28)31(26)25-9-7-6-8-24(25)30(34)36-31/h6-19,32H,4-5H2,1-3H3. The Morgan fingerprint density at radius 2 is 1.53 bits per heavy atom. The molecule has 0 fully saturated rings. The maximum atomic E-state index is 13.0. The number of benzene rings is 4. The van der Waals surface area contributed by atoms with Crippen LogP contribution in [0, 0.1) is 6.92 Å². The lowest BCUT2D eigenvalue weighted by atomic mass is 9.77. The molecule has 1 spiro atoms. The average molecular weight is 477 g/mol. The number of carbonyl (C=O) groups is 1. The zero-order valence-electron chi connectivity index (χ0n) is 20.7. The third-order valence-electron chi connectivity index (χ3n) is 7.15. The van der Waals surface area contributed by atoms with Crippen LogP contribution in [-0.4, -0.2) is 19.1 Å². The van der Waals surface area contributed by atoms with Crippen molar-refractivity contribution in [1.82, 2.24) is 0 Å². The minimum Gasteiger partial charge on any atom is -0.456 e. The van der Waals surface area contributed by atoms with Crippen molar-refractivity contribution in [3.8, 4) is 11.5 Å². The van der Waals surface area contributed by atoms with Crippen LogP contribution in [0.25, 0.3) is 0 Å². The first kappa shape index (κ1) is 22.2. The van der Waals surface area contributed by atoms with E-state index >= 15 is 0 Å². The molecule has 4 aromatic carbocycles. The van der Waals surface area contributed by atoms with Gasteiger partial charge in [0.1, 0.15) is 11.5 Å². The van der Waals surface area contributed by atoms with Crippen molar-refractivity contribution >= 4 is 23.0 Å². The van der Waals surface area contributed by atoms with Gasteiger partial charge in [-0.2, -0.15) is 0 Å². The first-order valence-electron chi connectivity index (χ1n) is 12.4. The summed E-state index contributed by atoms with van der Waals surface area (Å²) in [5.41, 5.74) is 6.24. The van der Waals surface area contributed by atoms with Gasteiger partial charge in [-0.3, -0.25) is 0 Å². The SMILES string of the molecule is CCN(CC)c1ccc(Nc2ccc3c(c2)Oc2ccc(C)cc2C32OC(=O)c3ccccc32)cc1. The third-order valence-corrected chi connectivity index (χ3v) is 7.15. The van der Waals surface area contributed by atoms with Gasteiger partial charge in [-0.1, -0.05) is 29.8 Å². The van der Waals surface area contributed by atoms with Gasteiger partial charge in [0.2, 0.25) is 0 Å². The number of esters is 1. The Morgan fingerprint density at radius 1 is 0.778 bits per heavy atom. The number of aryl methyl sites for hydroxylation is 1. The molecule has 180 valence electrons. The minimum atomic E-state index is -1.04. The van der Waals surface area contributed by atoms with Crippen molar-refractivity contribution in [2.24, 2.45) is 0 Å². The zero-order valence-corrected chi connectivity index (χ0v) is 20.7. The second kappa shape index (κ2) is 8.45. The monoisotopic (exact) mass is 476 g/mol. The molecule has 0 saturated heterocycles. The summed E-state index contributed by atoms with van der Waals surface area (Å²) in [4.78, 5) is 15.3. The number of fused-ring (bicyclic) bond motifs is 6. The molecule has 2 heterocycles. The van der Waals surface area contributed by atoms with Crippen LogP contribution < -0.4 is 15.0 Å². The van der Waals surface area contributed by atoms with Crippen molar-refractivity contribution in [1.29, 1.82) is 0 Å². The Morgan fingerprint density at radius 3 is 2.31 bits per heavy atom. The first-order valence-corrected chi connectivity index (χ1v) is 12.4. The third kappa shape index (κ3) is 3.34. The lowest BCUT2D eigenvalue weighted by molar-refractivity contribution is 0.0224. The number of ether oxygens (including phenoxy) is 2. The first-order chi connectivity index (χ1) is 17.5. The highest BCUT2D eigenvalue weighted by Crippen LogP contribution is 2.56. The molecular formula is C31H28N2O3. The smallest absolute Gasteiger partial charge is 0.340 e. The van der Waals surface area contributed by atoms with Gasteiger partial charge < -0.3 is 19.7 Å². The molecule has 0 radical (unpaired) electrons. The lowest BCUT2D eigenvalue weighted by Gasteiger charge is -2.37. The van der Waals surface area contributed by atoms with Crippen LogP contribution in [0.15, 0.2) is 84.9 Å². The molecule has 1 atom stereocenters. The van der Waals surface area contributed by atoms with E-state index in [0.29, 0.717) is 17.1 Å². The van der Waals surface area contributed by atoms with Gasteiger partial charge in [0.15, 0.2) is 5.60 Å². The summed E-state index contributed by atoms with van der Waals surface area (Å²) in [6.45, 7) is 8.30. The van der Waals surface area contributed by atoms with Crippen LogP contribution in [0.5, 0.6) is 11.5 Å². The summed E-state index contributed by atoms with van der Waals surface area (Å²) >= 11 is 0. The molecule has 0 saturated carbocycles. The van der Waals surface area contributed by atoms with Gasteiger partial charge in [-0.05, 0) is 75.4 Å². The number of nitrogens with one attached hydrogen (secondary N) is 1. The predicted octanol–water partition coefficient (Wildman–Crippen LogP) is 7.15. The number of anilines is 3. The molecule has 2 aliphatic rings. The van der Waals surface area contributed by atoms with E-state index in [0.717, 1.165) is 46.7 Å². The normalized spacial score (nSPS) is 17.0. The summed E-state index contributed by atoms with van der Waals surface area (Å²) in [5.74, 6) is 1.04. The van der Waals surface area contributed by atoms with Crippen molar-refractivity contribution in [2.45, 2.75) is 26.4 Å². The molecule has 0 amide bonds. The Bertz CT molecular complexity index is 1470. The molecule has 1 unspecified atom stereocenters. The summed E-state index contributed by atoms with van der Waals surface area (Å²) in [7, 11) is 0. The summed E-state index contributed by atoms with van der Waals surface area (Å²) in [6.07, 6.45) is 0. The maximum absolute atomic E-state index is 13.0. The molecule has 36 heavy (non-hydrogen) atoms. The molecule has 5 nitrogen and oxygen atoms in total. The molecule has 0 aromatic heterocycles. The fraction of sp³-hybridized carbons (Fsp3) is 0.194. The highest BCUT2D eigenvalue weighted by molar-refractivity contribution is 5.97. The van der Waals surface area contributed by atoms with E-state index in [4.69, 9.17) is 9.47 Å². The Labute approximate surface area is 211 Å². The fourth-order valence-corrected chi connectivity index (χ4v) is 5.38. The van der Waals surface area contributed by atoms with Crippen LogP contribution in [0.4, 0.5) is 17.1 Å². The van der Waals surface area contributed by atoms with E-state index in [1.807, 2.05) is 61.5 Å². The molecule has 5 heteroatoms. The Balaban J connectivity index is 1.42. The Hall–Kier alpha value is -4.25. The topological polar surface area (TPSA) is 50.8 Å². The minimum absolute atomic E-state index is 0.318. The highest BCUT2D eigenvalue weighted by Gasteiger charge is 2.53. The Kier molecular flexibility index (Phi) is 5.22. The van der Waals surface area contributed by atoms with E-state index in [9.17, 15) is 4.79 Å². The summed E-state index contributed by atoms with van der Waals surface area (Å²) in [5, 5.41) is 3.49. The van der Waals surface area contributed by atoms with Crippen LogP contribution in [-0.2, 0) is 10.3 Å². The molecule has 4 aromatic rings. The van der Waals surface area contributed by atoms with E-state index in [1.165, 1.54) is 5.69 Å². The molecule has 2 aliphatic heterocycles. The van der Waals surface area contributed by atoms with Crippen molar-refractivity contribution in [3.05, 3.63) is 113 Å². The summed E-state index contributed by atoms with van der Waals surface area (Å²) < 4.78 is 12.6. The van der Waals surface area contributed by atoms with Crippen molar-refractivity contribution in [2.75, 3.05) is 23.3 Å². The number of hydrogen-bond acceptors (Lipinski definition) is 5. The number of hydrogen-bond donors (Lipinski definition) is 1. The van der Waals surface area contributed by atoms with Crippen molar-refractivity contribution < 1.29 is 14.3 Å². The summed E-state index contributed by atoms with van der Waals surface area (Å²) in [6, 6.07) is 28.1. The zero-order chi connectivity index (χ0) is 24.9. The molecule has 6 rings (SSSR count). The molecule has 0 aliphatic carbocycles. The maximum Gasteiger partial charge on any atom is 0.340 e. The fourth-order valence-electron chi connectivity index (χ4n) is 5.38. The van der Waals surface area contributed by atoms with E-state index in [-0.39, 0.29) is 5.97 Å². The van der Waals surface area contributed by atoms with Crippen LogP contribution in [0.3, 0.4) is 0 Å². The molecule has 0 bridgehead atoms. The van der Waals surface area contributed by atoms with Gasteiger partial charge in [0, 0.05) is 52.9 Å². The van der Waals surface area contributed by atoms with Crippen molar-refractivity contribution in [3.63, 3.8) is 0 Å². The average Bonchev–Trinajstić information content (AvgIpc) is 3.19. The second-order valence-electron chi connectivity index (χ2n) is 9.27. The van der Waals surface area contributed by atoms with E-state index in [2.05, 4.69) is 54.4 Å². The predicted molar refractivity (Wildman–Crippen MR) is 143 cm³/mol. The second-order valence-corrected chi connectivity index (χ2v) is 9.27. The number of carbonyl (C=O) groups excluding carboxylic acids is 1. The quantitative estimate of drug-likeness (QED) is 0.310. The van der Waals surface area contributed by atoms with E-state index in [1.54, 1.807) is 0 Å². The largest absolute Gasteiger partial charge is 0.456 e. The van der Waals surface area contributed by atoms with Crippen LogP contribution in [0.1, 0.15) is 46.5 Å². The van der Waals surface area contributed by atoms with Gasteiger partial charge in [0.25, 0.3) is 0 Å². The van der Waals surface area contributed by atoms with Gasteiger partial charge in [-0.25, -0.2) is 4.79 Å². The molecular weight excluding hydrogens is 448 g/mol. The number of rotatable bonds is 5. The van der Waals surface area contributed by atoms with Crippen LogP contribution in [0.2, 0.25) is 0 Å². The van der Waals surface area contributed by atoms with Crippen LogP contribution >= 0.6 is 0 Å². The molecule has 1 N–H and O–H groups in total. The highest BCUT2D eigenvalue weighted by atomic mass is 16.6. The van der Waals surface area contributed by atoms with E-state index < -0.39 is 5.60 Å². The van der Waals surface area contributed by atoms with Gasteiger partial charge >= 0.3 is 5.97 Å². The number of nitrogens with zero attached hydrogens (tertiary/aromatic N) is 1.